The quantitative estimate of drug-likeness (QED) is 0.383. The van der Waals surface area contributed by atoms with Gasteiger partial charge in [0.1, 0.15) is 28.9 Å². The SMILES string of the molecule is CCOc1cc(OCC)c(/C=C(\C#N)C(=O)Nc2ccc(O)cc2)cc1Br. The van der Waals surface area contributed by atoms with Crippen molar-refractivity contribution in [2.24, 2.45) is 0 Å². The lowest BCUT2D eigenvalue weighted by atomic mass is 10.1. The van der Waals surface area contributed by atoms with E-state index in [0.29, 0.717) is 40.4 Å². The number of ether oxygens (including phenoxy) is 2. The monoisotopic (exact) mass is 430 g/mol. The lowest BCUT2D eigenvalue weighted by Gasteiger charge is -2.13. The topological polar surface area (TPSA) is 91.6 Å². The molecule has 0 heterocycles. The molecule has 7 heteroatoms. The van der Waals surface area contributed by atoms with Crippen molar-refractivity contribution in [3.8, 4) is 23.3 Å². The Kier molecular flexibility index (Phi) is 7.26. The van der Waals surface area contributed by atoms with Gasteiger partial charge in [-0.25, -0.2) is 0 Å². The predicted molar refractivity (Wildman–Crippen MR) is 107 cm³/mol. The molecule has 2 aromatic rings. The van der Waals surface area contributed by atoms with Crippen molar-refractivity contribution in [2.45, 2.75) is 13.8 Å². The zero-order chi connectivity index (χ0) is 19.8. The van der Waals surface area contributed by atoms with Crippen molar-refractivity contribution >= 4 is 33.6 Å². The number of hydrogen-bond donors (Lipinski definition) is 2. The first-order valence-corrected chi connectivity index (χ1v) is 9.09. The Labute approximate surface area is 166 Å². The summed E-state index contributed by atoms with van der Waals surface area (Å²) in [6.45, 7) is 4.65. The number of carbonyl (C=O) groups excluding carboxylic acids is 1. The average molecular weight is 431 g/mol. The standard InChI is InChI=1S/C20H19BrN2O4/c1-3-26-18-11-19(27-4-2)17(21)10-13(18)9-14(12-22)20(25)23-15-5-7-16(24)8-6-15/h5-11,24H,3-4H2,1-2H3,(H,23,25)/b14-9+. The van der Waals surface area contributed by atoms with Crippen molar-refractivity contribution in [2.75, 3.05) is 18.5 Å². The Morgan fingerprint density at radius 2 is 1.81 bits per heavy atom. The fourth-order valence-corrected chi connectivity index (χ4v) is 2.73. The van der Waals surface area contributed by atoms with Crippen LogP contribution in [0.3, 0.4) is 0 Å². The minimum Gasteiger partial charge on any atom is -0.508 e. The Morgan fingerprint density at radius 1 is 1.19 bits per heavy atom. The van der Waals surface area contributed by atoms with E-state index in [4.69, 9.17) is 9.47 Å². The Bertz CT molecular complexity index is 886. The van der Waals surface area contributed by atoms with Crippen LogP contribution in [-0.2, 0) is 4.79 Å². The fourth-order valence-electron chi connectivity index (χ4n) is 2.26. The van der Waals surface area contributed by atoms with Crippen LogP contribution in [0.15, 0.2) is 46.4 Å². The number of halogens is 1. The van der Waals surface area contributed by atoms with E-state index in [1.54, 1.807) is 24.3 Å². The van der Waals surface area contributed by atoms with E-state index in [0.717, 1.165) is 0 Å². The summed E-state index contributed by atoms with van der Waals surface area (Å²) in [7, 11) is 0. The molecule has 140 valence electrons. The van der Waals surface area contributed by atoms with Crippen LogP contribution >= 0.6 is 15.9 Å². The van der Waals surface area contributed by atoms with E-state index < -0.39 is 5.91 Å². The summed E-state index contributed by atoms with van der Waals surface area (Å²) in [6, 6.07) is 11.3. The highest BCUT2D eigenvalue weighted by atomic mass is 79.9. The van der Waals surface area contributed by atoms with Gasteiger partial charge in [0.15, 0.2) is 0 Å². The van der Waals surface area contributed by atoms with E-state index in [9.17, 15) is 15.2 Å². The molecule has 27 heavy (non-hydrogen) atoms. The number of rotatable bonds is 7. The number of amides is 1. The van der Waals surface area contributed by atoms with Gasteiger partial charge < -0.3 is 19.9 Å². The fraction of sp³-hybridized carbons (Fsp3) is 0.200. The summed E-state index contributed by atoms with van der Waals surface area (Å²) in [4.78, 5) is 12.4. The molecule has 1 amide bonds. The van der Waals surface area contributed by atoms with Gasteiger partial charge in [0, 0.05) is 17.3 Å². The van der Waals surface area contributed by atoms with E-state index in [1.807, 2.05) is 19.9 Å². The largest absolute Gasteiger partial charge is 0.508 e. The van der Waals surface area contributed by atoms with Crippen LogP contribution in [0.1, 0.15) is 19.4 Å². The van der Waals surface area contributed by atoms with Crippen LogP contribution in [0.2, 0.25) is 0 Å². The highest BCUT2D eigenvalue weighted by molar-refractivity contribution is 9.10. The first kappa shape index (κ1) is 20.3. The van der Waals surface area contributed by atoms with E-state index in [-0.39, 0.29) is 11.3 Å². The van der Waals surface area contributed by atoms with Gasteiger partial charge in [-0.15, -0.1) is 0 Å². The van der Waals surface area contributed by atoms with Gasteiger partial charge in [0.2, 0.25) is 0 Å². The minimum absolute atomic E-state index is 0.0833. The van der Waals surface area contributed by atoms with Gasteiger partial charge in [-0.05, 0) is 66.2 Å². The van der Waals surface area contributed by atoms with Crippen LogP contribution < -0.4 is 14.8 Å². The number of hydrogen-bond acceptors (Lipinski definition) is 5. The molecule has 0 fully saturated rings. The van der Waals surface area contributed by atoms with Gasteiger partial charge in [-0.1, -0.05) is 0 Å². The minimum atomic E-state index is -0.560. The smallest absolute Gasteiger partial charge is 0.266 e. The molecule has 0 aliphatic carbocycles. The molecule has 0 radical (unpaired) electrons. The maximum Gasteiger partial charge on any atom is 0.266 e. The first-order chi connectivity index (χ1) is 13.0. The molecule has 0 aliphatic heterocycles. The molecule has 0 aliphatic rings. The molecular formula is C20H19BrN2O4. The third-order valence-corrected chi connectivity index (χ3v) is 4.07. The highest BCUT2D eigenvalue weighted by Gasteiger charge is 2.14. The molecule has 2 N–H and O–H groups in total. The first-order valence-electron chi connectivity index (χ1n) is 8.29. The molecule has 2 aromatic carbocycles. The summed E-state index contributed by atoms with van der Waals surface area (Å²) in [6.07, 6.45) is 1.46. The van der Waals surface area contributed by atoms with Gasteiger partial charge in [-0.3, -0.25) is 4.79 Å². The third kappa shape index (κ3) is 5.50. The second-order valence-corrected chi connectivity index (χ2v) is 6.21. The van der Waals surface area contributed by atoms with Gasteiger partial charge in [-0.2, -0.15) is 5.26 Å². The van der Waals surface area contributed by atoms with Gasteiger partial charge in [0.05, 0.1) is 17.7 Å². The Hall–Kier alpha value is -2.98. The lowest BCUT2D eigenvalue weighted by molar-refractivity contribution is -0.112. The molecular weight excluding hydrogens is 412 g/mol. The number of nitrogens with one attached hydrogen (secondary N) is 1. The van der Waals surface area contributed by atoms with Crippen molar-refractivity contribution in [3.05, 3.63) is 52.0 Å². The number of nitriles is 1. The molecule has 0 saturated carbocycles. The van der Waals surface area contributed by atoms with Gasteiger partial charge in [0.25, 0.3) is 5.91 Å². The second-order valence-electron chi connectivity index (χ2n) is 5.36. The second kappa shape index (κ2) is 9.64. The summed E-state index contributed by atoms with van der Waals surface area (Å²) in [5.41, 5.74) is 0.960. The predicted octanol–water partition coefficient (Wildman–Crippen LogP) is 4.50. The molecule has 0 saturated heterocycles. The average Bonchev–Trinajstić information content (AvgIpc) is 2.65. The van der Waals surface area contributed by atoms with Crippen molar-refractivity contribution < 1.29 is 19.4 Å². The van der Waals surface area contributed by atoms with Crippen molar-refractivity contribution in [1.29, 1.82) is 5.26 Å². The maximum absolute atomic E-state index is 12.4. The Morgan fingerprint density at radius 3 is 2.41 bits per heavy atom. The molecule has 0 aromatic heterocycles. The summed E-state index contributed by atoms with van der Waals surface area (Å²) in [5, 5.41) is 21.3. The number of anilines is 1. The van der Waals surface area contributed by atoms with Crippen molar-refractivity contribution in [1.82, 2.24) is 0 Å². The number of carbonyl (C=O) groups is 1. The van der Waals surface area contributed by atoms with Crippen LogP contribution in [0, 0.1) is 11.3 Å². The summed E-state index contributed by atoms with van der Waals surface area (Å²) < 4.78 is 11.8. The van der Waals surface area contributed by atoms with Crippen LogP contribution in [0.25, 0.3) is 6.08 Å². The van der Waals surface area contributed by atoms with Crippen LogP contribution in [-0.4, -0.2) is 24.2 Å². The van der Waals surface area contributed by atoms with E-state index in [1.165, 1.54) is 18.2 Å². The zero-order valence-electron chi connectivity index (χ0n) is 15.0. The summed E-state index contributed by atoms with van der Waals surface area (Å²) >= 11 is 3.43. The number of nitrogens with zero attached hydrogens (tertiary/aromatic N) is 1. The molecule has 2 rings (SSSR count). The molecule has 6 nitrogen and oxygen atoms in total. The van der Waals surface area contributed by atoms with Crippen LogP contribution in [0.5, 0.6) is 17.2 Å². The summed E-state index contributed by atoms with van der Waals surface area (Å²) in [5.74, 6) is 0.653. The van der Waals surface area contributed by atoms with Gasteiger partial charge >= 0.3 is 0 Å². The molecule has 0 bridgehead atoms. The normalized spacial score (nSPS) is 10.8. The number of phenolic OH excluding ortho intramolecular Hbond substituents is 1. The van der Waals surface area contributed by atoms with Crippen LogP contribution in [0.4, 0.5) is 5.69 Å². The Balaban J connectivity index is 2.35. The number of phenols is 1. The maximum atomic E-state index is 12.4. The van der Waals surface area contributed by atoms with E-state index in [2.05, 4.69) is 21.2 Å². The number of aromatic hydroxyl groups is 1. The third-order valence-electron chi connectivity index (χ3n) is 3.45. The lowest BCUT2D eigenvalue weighted by Crippen LogP contribution is -2.13. The molecule has 0 spiro atoms. The van der Waals surface area contributed by atoms with E-state index >= 15 is 0 Å². The number of benzene rings is 2. The van der Waals surface area contributed by atoms with Crippen molar-refractivity contribution in [3.63, 3.8) is 0 Å². The highest BCUT2D eigenvalue weighted by Crippen LogP contribution is 2.34. The molecule has 0 unspecified atom stereocenters. The zero-order valence-corrected chi connectivity index (χ0v) is 16.5. The molecule has 0 atom stereocenters.